The molecule has 2 fully saturated rings. The molecule has 3 aliphatic rings. The molecule has 1 N–H and O–H groups in total. The predicted octanol–water partition coefficient (Wildman–Crippen LogP) is 4.91. The van der Waals surface area contributed by atoms with Gasteiger partial charge in [-0.25, -0.2) is 4.39 Å². The molecule has 1 amide bonds. The summed E-state index contributed by atoms with van der Waals surface area (Å²) in [5.41, 5.74) is -0.483. The standard InChI is InChI=1S/C24H24ClF4N3O3/c25-16-2-1-14(18(26)6-16)11-32-19-12-31(4-3-17(19)21(30-32)24(27,28)29)20(33)5-13-7-23(8-13)9-15(10-23)22(34)35/h1-2,6,13,15H,3-5,7-12H2,(H,34,35). The number of amides is 1. The van der Waals surface area contributed by atoms with E-state index in [-0.39, 0.29) is 71.1 Å². The van der Waals surface area contributed by atoms with Gasteiger partial charge in [0.25, 0.3) is 0 Å². The minimum Gasteiger partial charge on any atom is -0.481 e. The van der Waals surface area contributed by atoms with Gasteiger partial charge in [0, 0.05) is 29.1 Å². The van der Waals surface area contributed by atoms with Gasteiger partial charge in [-0.05, 0) is 55.6 Å². The molecule has 11 heteroatoms. The van der Waals surface area contributed by atoms with Crippen molar-refractivity contribution in [3.63, 3.8) is 0 Å². The summed E-state index contributed by atoms with van der Waals surface area (Å²) in [6.45, 7) is -0.0698. The molecule has 2 saturated carbocycles. The van der Waals surface area contributed by atoms with E-state index in [2.05, 4.69) is 5.10 Å². The lowest BCUT2D eigenvalue weighted by atomic mass is 9.47. The topological polar surface area (TPSA) is 75.4 Å². The van der Waals surface area contributed by atoms with Crippen LogP contribution in [0.4, 0.5) is 17.6 Å². The van der Waals surface area contributed by atoms with E-state index < -0.39 is 23.7 Å². The lowest BCUT2D eigenvalue weighted by Gasteiger charge is -2.57. The second kappa shape index (κ2) is 8.50. The molecule has 0 radical (unpaired) electrons. The molecule has 2 heterocycles. The molecule has 1 spiro atoms. The lowest BCUT2D eigenvalue weighted by molar-refractivity contribution is -0.160. The van der Waals surface area contributed by atoms with Crippen molar-refractivity contribution in [1.29, 1.82) is 0 Å². The Morgan fingerprint density at radius 3 is 2.54 bits per heavy atom. The Labute approximate surface area is 203 Å². The van der Waals surface area contributed by atoms with Crippen LogP contribution in [-0.2, 0) is 35.3 Å². The second-order valence-electron chi connectivity index (χ2n) is 10.2. The van der Waals surface area contributed by atoms with Gasteiger partial charge in [0.05, 0.1) is 24.7 Å². The largest absolute Gasteiger partial charge is 0.481 e. The van der Waals surface area contributed by atoms with Gasteiger partial charge in [-0.1, -0.05) is 17.7 Å². The molecule has 0 atom stereocenters. The number of halogens is 5. The lowest BCUT2D eigenvalue weighted by Crippen LogP contribution is -2.51. The van der Waals surface area contributed by atoms with Gasteiger partial charge in [0.2, 0.25) is 5.91 Å². The van der Waals surface area contributed by atoms with Crippen LogP contribution in [0.15, 0.2) is 18.2 Å². The maximum atomic E-state index is 14.3. The minimum atomic E-state index is -4.66. The highest BCUT2D eigenvalue weighted by Crippen LogP contribution is 2.62. The first-order chi connectivity index (χ1) is 16.4. The molecular formula is C24H24ClF4N3O3. The van der Waals surface area contributed by atoms with Gasteiger partial charge in [0.1, 0.15) is 5.82 Å². The average molecular weight is 514 g/mol. The molecule has 2 aliphatic carbocycles. The van der Waals surface area contributed by atoms with Crippen LogP contribution < -0.4 is 0 Å². The third-order valence-corrected chi connectivity index (χ3v) is 7.95. The van der Waals surface area contributed by atoms with E-state index in [1.807, 2.05) is 0 Å². The molecule has 35 heavy (non-hydrogen) atoms. The number of rotatable bonds is 5. The van der Waals surface area contributed by atoms with E-state index in [1.54, 1.807) is 4.90 Å². The van der Waals surface area contributed by atoms with Gasteiger partial charge in [-0.15, -0.1) is 0 Å². The smallest absolute Gasteiger partial charge is 0.435 e. The maximum absolute atomic E-state index is 14.3. The van der Waals surface area contributed by atoms with Crippen LogP contribution in [0.5, 0.6) is 0 Å². The fraction of sp³-hybridized carbons (Fsp3) is 0.542. The molecule has 0 saturated heterocycles. The van der Waals surface area contributed by atoms with Gasteiger partial charge in [0.15, 0.2) is 5.69 Å². The molecule has 6 nitrogen and oxygen atoms in total. The normalized spacial score (nSPS) is 25.7. The fourth-order valence-corrected chi connectivity index (χ4v) is 6.20. The molecular weight excluding hydrogens is 490 g/mol. The van der Waals surface area contributed by atoms with E-state index in [1.165, 1.54) is 12.1 Å². The number of carbonyl (C=O) groups is 2. The van der Waals surface area contributed by atoms with Crippen LogP contribution in [0.2, 0.25) is 5.02 Å². The summed E-state index contributed by atoms with van der Waals surface area (Å²) in [5.74, 6) is -1.67. The summed E-state index contributed by atoms with van der Waals surface area (Å²) in [4.78, 5) is 25.6. The molecule has 188 valence electrons. The summed E-state index contributed by atoms with van der Waals surface area (Å²) in [7, 11) is 0. The zero-order chi connectivity index (χ0) is 25.1. The molecule has 1 aromatic heterocycles. The van der Waals surface area contributed by atoms with Gasteiger partial charge >= 0.3 is 12.1 Å². The van der Waals surface area contributed by atoms with Crippen molar-refractivity contribution in [1.82, 2.24) is 14.7 Å². The van der Waals surface area contributed by atoms with Gasteiger partial charge < -0.3 is 10.0 Å². The van der Waals surface area contributed by atoms with E-state index in [9.17, 15) is 27.2 Å². The fourth-order valence-electron chi connectivity index (χ4n) is 6.04. The van der Waals surface area contributed by atoms with Crippen molar-refractivity contribution in [2.75, 3.05) is 6.54 Å². The van der Waals surface area contributed by atoms with Crippen LogP contribution in [0.3, 0.4) is 0 Å². The summed E-state index contributed by atoms with van der Waals surface area (Å²) in [5, 5.41) is 13.0. The number of aliphatic carboxylic acids is 1. The van der Waals surface area contributed by atoms with E-state index >= 15 is 0 Å². The number of hydrogen-bond acceptors (Lipinski definition) is 3. The Kier molecular flexibility index (Phi) is 5.85. The summed E-state index contributed by atoms with van der Waals surface area (Å²) in [6, 6.07) is 3.97. The number of aromatic nitrogens is 2. The molecule has 1 aliphatic heterocycles. The zero-order valence-electron chi connectivity index (χ0n) is 18.7. The van der Waals surface area contributed by atoms with Crippen molar-refractivity contribution >= 4 is 23.5 Å². The number of alkyl halides is 3. The number of benzene rings is 1. The maximum Gasteiger partial charge on any atom is 0.435 e. The number of fused-ring (bicyclic) bond motifs is 1. The highest BCUT2D eigenvalue weighted by atomic mass is 35.5. The number of carboxylic acids is 1. The Bertz CT molecular complexity index is 1180. The third-order valence-electron chi connectivity index (χ3n) is 7.71. The molecule has 5 rings (SSSR count). The van der Waals surface area contributed by atoms with Crippen LogP contribution in [0, 0.1) is 23.1 Å². The quantitative estimate of drug-likeness (QED) is 0.577. The molecule has 0 unspecified atom stereocenters. The number of carbonyl (C=O) groups excluding carboxylic acids is 1. The van der Waals surface area contributed by atoms with Gasteiger partial charge in [-0.3, -0.25) is 14.3 Å². The first-order valence-electron chi connectivity index (χ1n) is 11.5. The molecule has 2 aromatic rings. The number of nitrogens with zero attached hydrogens (tertiary/aromatic N) is 3. The Morgan fingerprint density at radius 1 is 1.20 bits per heavy atom. The number of carboxylic acid groups (broad SMARTS) is 1. The van der Waals surface area contributed by atoms with Crippen molar-refractivity contribution in [3.8, 4) is 0 Å². The summed E-state index contributed by atoms with van der Waals surface area (Å²) >= 11 is 5.78. The summed E-state index contributed by atoms with van der Waals surface area (Å²) < 4.78 is 56.4. The van der Waals surface area contributed by atoms with E-state index in [0.717, 1.165) is 23.6 Å². The van der Waals surface area contributed by atoms with Crippen LogP contribution in [-0.4, -0.2) is 38.2 Å². The highest BCUT2D eigenvalue weighted by molar-refractivity contribution is 6.30. The first kappa shape index (κ1) is 24.1. The number of hydrogen-bond donors (Lipinski definition) is 1. The van der Waals surface area contributed by atoms with Crippen molar-refractivity contribution in [2.45, 2.75) is 57.8 Å². The van der Waals surface area contributed by atoms with Crippen molar-refractivity contribution in [2.24, 2.45) is 17.3 Å². The van der Waals surface area contributed by atoms with E-state index in [0.29, 0.717) is 19.3 Å². The van der Waals surface area contributed by atoms with Crippen LogP contribution in [0.1, 0.15) is 54.6 Å². The second-order valence-corrected chi connectivity index (χ2v) is 10.6. The van der Waals surface area contributed by atoms with Crippen molar-refractivity contribution < 1.29 is 32.3 Å². The molecule has 0 bridgehead atoms. The summed E-state index contributed by atoms with van der Waals surface area (Å²) in [6.07, 6.45) is -1.41. The van der Waals surface area contributed by atoms with Crippen LogP contribution in [0.25, 0.3) is 0 Å². The predicted molar refractivity (Wildman–Crippen MR) is 117 cm³/mol. The van der Waals surface area contributed by atoms with Gasteiger partial charge in [-0.2, -0.15) is 18.3 Å². The van der Waals surface area contributed by atoms with Crippen LogP contribution >= 0.6 is 11.6 Å². The highest BCUT2D eigenvalue weighted by Gasteiger charge is 2.55. The Hall–Kier alpha value is -2.62. The average Bonchev–Trinajstić information content (AvgIpc) is 3.08. The monoisotopic (exact) mass is 513 g/mol. The minimum absolute atomic E-state index is 0.0217. The first-order valence-corrected chi connectivity index (χ1v) is 11.9. The third kappa shape index (κ3) is 4.52. The van der Waals surface area contributed by atoms with Crippen molar-refractivity contribution in [3.05, 3.63) is 51.6 Å². The SMILES string of the molecule is O=C(O)C1CC2(CC(CC(=O)N3CCc4c(C(F)(F)F)nn(Cc5ccc(Cl)cc5F)c4C3)C2)C1. The Morgan fingerprint density at radius 2 is 1.91 bits per heavy atom. The zero-order valence-corrected chi connectivity index (χ0v) is 19.5. The Balaban J connectivity index is 1.29. The van der Waals surface area contributed by atoms with E-state index in [4.69, 9.17) is 16.7 Å². The molecule has 1 aromatic carbocycles.